The van der Waals surface area contributed by atoms with Crippen molar-refractivity contribution in [3.63, 3.8) is 0 Å². The number of carbonyl (C=O) groups is 6. The maximum Gasteiger partial charge on any atom is 0.335 e. The Labute approximate surface area is 387 Å². The molecule has 0 aliphatic carbocycles. The molecule has 0 fully saturated rings. The fourth-order valence-corrected chi connectivity index (χ4v) is 8.14. The number of nitrogens with two attached hydrogens (primary N) is 2. The standard InChI is InChI=1S/C48H44N10O10/c49-5-1-3-43(59)25-7-31-19-57-21-33-9-27(45(61)62)15-39(53-33)41-17-29(47(65)66)11-35(55-41)23-58(20-32-8-26(44(60)4-2-6-50)14-38(52-32)37(13-25)51-31)24-36-12-30(48(67)68)18-42(56-36)40-16-28(46(63)64)10-34(22-57)54-40/h7-18H,1-6,19-24,49-50H2,(H,61,62)(H,63,64)(H,65,66)(H,67,68). The number of pyridine rings is 6. The van der Waals surface area contributed by atoms with E-state index in [1.54, 1.807) is 34.1 Å². The number of aromatic nitrogens is 6. The minimum Gasteiger partial charge on any atom is -0.478 e. The lowest BCUT2D eigenvalue weighted by Gasteiger charge is -2.25. The molecule has 8 N–H and O–H groups in total. The normalized spacial score (nSPS) is 15.2. The number of nitrogens with zero attached hydrogens (tertiary/aromatic N) is 8. The van der Waals surface area contributed by atoms with Gasteiger partial charge in [-0.15, -0.1) is 0 Å². The lowest BCUT2D eigenvalue weighted by Crippen LogP contribution is -2.26. The Morgan fingerprint density at radius 2 is 0.574 bits per heavy atom. The number of rotatable bonds is 12. The molecule has 20 nitrogen and oxygen atoms in total. The fourth-order valence-electron chi connectivity index (χ4n) is 8.14. The molecule has 6 aromatic heterocycles. The summed E-state index contributed by atoms with van der Waals surface area (Å²) in [6.45, 7) is -0.220. The molecule has 14 bridgehead atoms. The summed E-state index contributed by atoms with van der Waals surface area (Å²) in [5, 5.41) is 41.4. The summed E-state index contributed by atoms with van der Waals surface area (Å²) in [5.74, 6) is -5.67. The minimum atomic E-state index is -1.30. The maximum atomic E-state index is 13.8. The van der Waals surface area contributed by atoms with Crippen molar-refractivity contribution in [2.24, 2.45) is 11.5 Å². The third-order valence-corrected chi connectivity index (χ3v) is 11.2. The van der Waals surface area contributed by atoms with Crippen molar-refractivity contribution in [1.29, 1.82) is 0 Å². The van der Waals surface area contributed by atoms with E-state index in [1.165, 1.54) is 48.5 Å². The van der Waals surface area contributed by atoms with Crippen LogP contribution in [0, 0.1) is 0 Å². The third-order valence-electron chi connectivity index (χ3n) is 11.2. The molecular weight excluding hydrogens is 877 g/mol. The summed E-state index contributed by atoms with van der Waals surface area (Å²) in [5.41, 5.74) is 13.5. The summed E-state index contributed by atoms with van der Waals surface area (Å²) in [6, 6.07) is 16.9. The molecule has 6 aromatic rings. The van der Waals surface area contributed by atoms with Crippen LogP contribution in [0.4, 0.5) is 0 Å². The van der Waals surface area contributed by atoms with Crippen LogP contribution in [-0.4, -0.2) is 109 Å². The Morgan fingerprint density at radius 3 is 0.779 bits per heavy atom. The number of hydrogen-bond acceptors (Lipinski definition) is 16. The van der Waals surface area contributed by atoms with Gasteiger partial charge in [-0.1, -0.05) is 0 Å². The van der Waals surface area contributed by atoms with Gasteiger partial charge in [-0.25, -0.2) is 49.1 Å². The van der Waals surface area contributed by atoms with Gasteiger partial charge in [-0.05, 0) is 98.7 Å². The Morgan fingerprint density at radius 1 is 0.368 bits per heavy atom. The summed E-state index contributed by atoms with van der Waals surface area (Å²) >= 11 is 0. The highest BCUT2D eigenvalue weighted by molar-refractivity contribution is 5.98. The van der Waals surface area contributed by atoms with Gasteiger partial charge in [0.1, 0.15) is 0 Å². The molecule has 0 saturated heterocycles. The van der Waals surface area contributed by atoms with Crippen molar-refractivity contribution in [1.82, 2.24) is 39.7 Å². The molecule has 0 saturated carbocycles. The molecule has 0 amide bonds. The zero-order chi connectivity index (χ0) is 48.2. The van der Waals surface area contributed by atoms with Crippen molar-refractivity contribution in [3.05, 3.63) is 140 Å². The highest BCUT2D eigenvalue weighted by atomic mass is 16.4. The van der Waals surface area contributed by atoms with Gasteiger partial charge in [0, 0.05) is 63.2 Å². The Bertz CT molecular complexity index is 2720. The van der Waals surface area contributed by atoms with Crippen LogP contribution >= 0.6 is 0 Å². The van der Waals surface area contributed by atoms with Gasteiger partial charge in [-0.3, -0.25) is 19.4 Å². The van der Waals surface area contributed by atoms with E-state index < -0.39 is 23.9 Å². The molecule has 9 heterocycles. The number of Topliss-reactive ketones (excluding diaryl/α,β-unsaturated/α-hetero) is 2. The topological polar surface area (TPSA) is 319 Å². The first kappa shape index (κ1) is 46.5. The van der Waals surface area contributed by atoms with Crippen LogP contribution in [0.3, 0.4) is 0 Å². The summed E-state index contributed by atoms with van der Waals surface area (Å²) < 4.78 is 0. The van der Waals surface area contributed by atoms with E-state index in [0.717, 1.165) is 0 Å². The maximum absolute atomic E-state index is 13.8. The molecule has 3 aliphatic heterocycles. The molecule has 9 rings (SSSR count). The predicted octanol–water partition coefficient (Wildman–Crippen LogP) is 4.73. The largest absolute Gasteiger partial charge is 0.478 e. The van der Waals surface area contributed by atoms with E-state index in [9.17, 15) is 49.2 Å². The van der Waals surface area contributed by atoms with Crippen LogP contribution in [-0.2, 0) is 39.3 Å². The number of aromatic carboxylic acids is 4. The van der Waals surface area contributed by atoms with E-state index in [1.807, 2.05) is 0 Å². The molecule has 0 radical (unpaired) electrons. The SMILES string of the molecule is NCCCC(=O)c1cc2nc(c1)-c1cc(C(=O)CCCN)cc(n1)CN1Cc3cc(C(=O)O)cc(n3)-c3cc(C(=O)O)cc(n3)CN(Cc3cc(C(=O)O)cc(n3)-c3cc(C(=O)O)cc(n3)C1)C2. The minimum absolute atomic E-state index is 0.0367. The number of carboxylic acids is 4. The highest BCUT2D eigenvalue weighted by Crippen LogP contribution is 2.29. The average Bonchev–Trinajstić information content (AvgIpc) is 3.31. The first-order valence-electron chi connectivity index (χ1n) is 21.5. The van der Waals surface area contributed by atoms with E-state index in [-0.39, 0.29) is 167 Å². The molecule has 0 aromatic carbocycles. The van der Waals surface area contributed by atoms with Crippen LogP contribution in [0.15, 0.2) is 72.8 Å². The zero-order valence-corrected chi connectivity index (χ0v) is 36.4. The smallest absolute Gasteiger partial charge is 0.335 e. The van der Waals surface area contributed by atoms with Crippen molar-refractivity contribution in [3.8, 4) is 34.2 Å². The van der Waals surface area contributed by atoms with Crippen LogP contribution in [0.2, 0.25) is 0 Å². The second kappa shape index (κ2) is 19.8. The van der Waals surface area contributed by atoms with Crippen LogP contribution < -0.4 is 11.5 Å². The Hall–Kier alpha value is -8.04. The van der Waals surface area contributed by atoms with Crippen LogP contribution in [0.5, 0.6) is 0 Å². The van der Waals surface area contributed by atoms with Gasteiger partial charge in [0.15, 0.2) is 11.6 Å². The molecule has 3 aliphatic rings. The van der Waals surface area contributed by atoms with Crippen molar-refractivity contribution < 1.29 is 49.2 Å². The Kier molecular flexibility index (Phi) is 13.6. The monoisotopic (exact) mass is 920 g/mol. The lowest BCUT2D eigenvalue weighted by molar-refractivity contribution is 0.0685. The van der Waals surface area contributed by atoms with Crippen LogP contribution in [0.1, 0.15) is 122 Å². The summed E-state index contributed by atoms with van der Waals surface area (Å²) in [6.07, 6.45) is 1.04. The second-order valence-electron chi connectivity index (χ2n) is 16.5. The van der Waals surface area contributed by atoms with E-state index >= 15 is 0 Å². The molecule has 0 spiro atoms. The van der Waals surface area contributed by atoms with Crippen LogP contribution in [0.25, 0.3) is 34.2 Å². The summed E-state index contributed by atoms with van der Waals surface area (Å²) in [7, 11) is 0. The third kappa shape index (κ3) is 10.8. The van der Waals surface area contributed by atoms with Gasteiger partial charge < -0.3 is 31.9 Å². The first-order valence-corrected chi connectivity index (χ1v) is 21.5. The quantitative estimate of drug-likeness (QED) is 0.0904. The highest BCUT2D eigenvalue weighted by Gasteiger charge is 2.25. The van der Waals surface area contributed by atoms with Gasteiger partial charge in [0.05, 0.1) is 90.6 Å². The van der Waals surface area contributed by atoms with Gasteiger partial charge in [0.2, 0.25) is 0 Å². The van der Waals surface area contributed by atoms with Crippen molar-refractivity contribution >= 4 is 35.4 Å². The fraction of sp³-hybridized carbons (Fsp3) is 0.250. The summed E-state index contributed by atoms with van der Waals surface area (Å²) in [4.78, 5) is 111. The van der Waals surface area contributed by atoms with E-state index in [0.29, 0.717) is 24.2 Å². The zero-order valence-electron chi connectivity index (χ0n) is 36.4. The Balaban J connectivity index is 1.46. The average molecular weight is 921 g/mol. The number of ketones is 2. The molecular formula is C48H44N10O10. The number of carboxylic acid groups (broad SMARTS) is 4. The van der Waals surface area contributed by atoms with E-state index in [4.69, 9.17) is 41.4 Å². The van der Waals surface area contributed by atoms with Gasteiger partial charge >= 0.3 is 23.9 Å². The van der Waals surface area contributed by atoms with E-state index in [2.05, 4.69) is 0 Å². The van der Waals surface area contributed by atoms with Gasteiger partial charge in [0.25, 0.3) is 0 Å². The number of hydrogen-bond donors (Lipinski definition) is 6. The molecule has 346 valence electrons. The first-order chi connectivity index (χ1) is 32.6. The molecule has 20 heteroatoms. The second-order valence-corrected chi connectivity index (χ2v) is 16.5. The number of carbonyl (C=O) groups excluding carboxylic acids is 2. The predicted molar refractivity (Wildman–Crippen MR) is 241 cm³/mol. The molecule has 68 heavy (non-hydrogen) atoms. The molecule has 0 unspecified atom stereocenters. The van der Waals surface area contributed by atoms with Crippen molar-refractivity contribution in [2.75, 3.05) is 13.1 Å². The molecule has 0 atom stereocenters. The van der Waals surface area contributed by atoms with Gasteiger partial charge in [-0.2, -0.15) is 0 Å². The lowest BCUT2D eigenvalue weighted by atomic mass is 10.0. The van der Waals surface area contributed by atoms with Crippen molar-refractivity contribution in [2.45, 2.75) is 65.0 Å².